The molecule has 7 heteroatoms. The predicted molar refractivity (Wildman–Crippen MR) is 132 cm³/mol. The van der Waals surface area contributed by atoms with Gasteiger partial charge in [-0.05, 0) is 67.8 Å². The van der Waals surface area contributed by atoms with Gasteiger partial charge in [0.2, 0.25) is 0 Å². The molecular weight excluding hydrogens is 452 g/mol. The second-order valence-corrected chi connectivity index (χ2v) is 10.8. The normalized spacial score (nSPS) is 32.6. The summed E-state index contributed by atoms with van der Waals surface area (Å²) in [6.45, 7) is 2.12. The second-order valence-electron chi connectivity index (χ2n) is 10.8. The van der Waals surface area contributed by atoms with Gasteiger partial charge in [-0.1, -0.05) is 24.3 Å². The molecule has 3 aromatic rings. The summed E-state index contributed by atoms with van der Waals surface area (Å²) in [7, 11) is 0. The number of nitrogens with zero attached hydrogens (tertiary/aromatic N) is 1. The van der Waals surface area contributed by atoms with Crippen LogP contribution in [0.3, 0.4) is 0 Å². The third-order valence-electron chi connectivity index (χ3n) is 9.29. The van der Waals surface area contributed by atoms with Crippen LogP contribution in [0.25, 0.3) is 10.9 Å². The molecule has 0 radical (unpaired) electrons. The molecule has 3 aliphatic carbocycles. The molecule has 2 fully saturated rings. The summed E-state index contributed by atoms with van der Waals surface area (Å²) >= 11 is 0. The van der Waals surface area contributed by atoms with Gasteiger partial charge in [-0.15, -0.1) is 12.4 Å². The summed E-state index contributed by atoms with van der Waals surface area (Å²) in [6.07, 6.45) is 5.71. The number of nitrogens with one attached hydrogen (secondary N) is 1. The highest BCUT2D eigenvalue weighted by molar-refractivity contribution is 5.86. The zero-order chi connectivity index (χ0) is 21.2. The Kier molecular flexibility index (Phi) is 4.67. The number of aromatic hydroxyl groups is 1. The number of aliphatic hydroxyl groups is 1. The molecule has 34 heavy (non-hydrogen) atoms. The topological polar surface area (TPSA) is 100 Å². The highest BCUT2D eigenvalue weighted by atomic mass is 35.5. The predicted octanol–water partition coefficient (Wildman–Crippen LogP) is 3.56. The summed E-state index contributed by atoms with van der Waals surface area (Å²) < 4.78 is 6.66. The number of aromatic nitrogens is 1. The van der Waals surface area contributed by atoms with Crippen LogP contribution in [-0.2, 0) is 18.3 Å². The number of H-pyrrole nitrogens is 1. The fraction of sp³-hybridized carbons (Fsp3) is 0.481. The van der Waals surface area contributed by atoms with E-state index in [-0.39, 0.29) is 35.8 Å². The number of halogens is 1. The van der Waals surface area contributed by atoms with Crippen LogP contribution in [0.1, 0.15) is 54.2 Å². The first-order chi connectivity index (χ1) is 15.6. The number of aromatic amines is 1. The molecule has 180 valence electrons. The molecule has 5 aliphatic rings. The molecule has 2 aromatic carbocycles. The van der Waals surface area contributed by atoms with Crippen LogP contribution >= 0.6 is 12.4 Å². The van der Waals surface area contributed by atoms with Gasteiger partial charge in [0.25, 0.3) is 0 Å². The van der Waals surface area contributed by atoms with Crippen molar-refractivity contribution in [3.05, 3.63) is 58.8 Å². The summed E-state index contributed by atoms with van der Waals surface area (Å²) in [6, 6.07) is 12.3. The number of rotatable bonds is 2. The smallest absolute Gasteiger partial charge is 0.166 e. The molecular formula is C27H31ClN2O4. The number of phenolic OH excluding ortho intramolecular Hbond substituents is 1. The quantitative estimate of drug-likeness (QED) is 0.520. The van der Waals surface area contributed by atoms with Crippen molar-refractivity contribution in [2.45, 2.75) is 61.7 Å². The third-order valence-corrected chi connectivity index (χ3v) is 9.29. The Morgan fingerprint density at radius 2 is 1.97 bits per heavy atom. The Bertz CT molecular complexity index is 1300. The molecule has 1 saturated carbocycles. The van der Waals surface area contributed by atoms with Crippen LogP contribution in [0.4, 0.5) is 0 Å². The van der Waals surface area contributed by atoms with Crippen LogP contribution < -0.4 is 4.74 Å². The Hall–Kier alpha value is -2.25. The highest BCUT2D eigenvalue weighted by Crippen LogP contribution is 2.68. The van der Waals surface area contributed by atoms with Crippen LogP contribution in [0.5, 0.6) is 11.5 Å². The number of likely N-dealkylation sites (tertiary alicyclic amines) is 1. The fourth-order valence-electron chi connectivity index (χ4n) is 7.82. The van der Waals surface area contributed by atoms with Crippen molar-refractivity contribution in [1.82, 2.24) is 9.88 Å². The Morgan fingerprint density at radius 3 is 2.79 bits per heavy atom. The highest BCUT2D eigenvalue weighted by Gasteiger charge is 2.71. The molecule has 2 bridgehead atoms. The van der Waals surface area contributed by atoms with Crippen LogP contribution in [0.15, 0.2) is 36.4 Å². The summed E-state index contributed by atoms with van der Waals surface area (Å²) in [5, 5.41) is 24.9. The lowest BCUT2D eigenvalue weighted by Gasteiger charge is -2.57. The largest absolute Gasteiger partial charge is 0.504 e. The van der Waals surface area contributed by atoms with Gasteiger partial charge in [-0.3, -0.25) is 4.90 Å². The van der Waals surface area contributed by atoms with Gasteiger partial charge >= 0.3 is 0 Å². The van der Waals surface area contributed by atoms with Gasteiger partial charge < -0.3 is 25.4 Å². The molecule has 1 saturated heterocycles. The lowest BCUT2D eigenvalue weighted by atomic mass is 9.51. The van der Waals surface area contributed by atoms with Crippen molar-refractivity contribution >= 4 is 23.3 Å². The first kappa shape index (κ1) is 22.2. The fourth-order valence-corrected chi connectivity index (χ4v) is 7.82. The van der Waals surface area contributed by atoms with E-state index in [1.165, 1.54) is 29.4 Å². The van der Waals surface area contributed by atoms with Gasteiger partial charge in [-0.25, -0.2) is 0 Å². The SMILES string of the molecule is Cl.O.Oc1ccc2c3c1O[C@H]1c4[nH]c5ccccc5c4C[C@@]4(O)C(C2)N(CC2CC2)CCC[C@]314. The molecule has 6 nitrogen and oxygen atoms in total. The molecule has 2 aliphatic heterocycles. The number of phenols is 1. The van der Waals surface area contributed by atoms with Crippen molar-refractivity contribution < 1.29 is 20.4 Å². The lowest BCUT2D eigenvalue weighted by molar-refractivity contribution is -0.134. The standard InChI is InChI=1S/C27H28N2O3.ClH.H2O/c30-20-9-8-16-12-21-27(31)13-18-17-4-1-2-5-19(17)28-23(18)25-26(27,22(16)24(20)32-25)10-3-11-29(21)14-15-6-7-15;;/h1-2,4-5,8-9,15,21,25,28,30-31H,3,6-7,10-14H2;1H;1H2/t21?,25-,26-,27+;;/m0../s1. The Morgan fingerprint density at radius 1 is 1.15 bits per heavy atom. The number of fused-ring (bicyclic) bond motifs is 4. The number of hydrogen-bond donors (Lipinski definition) is 3. The second kappa shape index (κ2) is 7.14. The minimum atomic E-state index is -0.924. The van der Waals surface area contributed by atoms with E-state index in [1.807, 2.05) is 0 Å². The monoisotopic (exact) mass is 482 g/mol. The van der Waals surface area contributed by atoms with Crippen molar-refractivity contribution in [3.8, 4) is 11.5 Å². The van der Waals surface area contributed by atoms with Gasteiger partial charge in [0.15, 0.2) is 17.6 Å². The number of ether oxygens (including phenoxy) is 1. The molecule has 3 heterocycles. The van der Waals surface area contributed by atoms with E-state index in [9.17, 15) is 10.2 Å². The van der Waals surface area contributed by atoms with Crippen molar-refractivity contribution in [1.29, 1.82) is 0 Å². The summed E-state index contributed by atoms with van der Waals surface area (Å²) in [5.74, 6) is 1.59. The van der Waals surface area contributed by atoms with E-state index < -0.39 is 11.0 Å². The summed E-state index contributed by atoms with van der Waals surface area (Å²) in [4.78, 5) is 6.27. The molecule has 0 amide bonds. The Balaban J connectivity index is 0.00000109. The zero-order valence-corrected chi connectivity index (χ0v) is 19.8. The molecule has 5 N–H and O–H groups in total. The van der Waals surface area contributed by atoms with E-state index in [0.29, 0.717) is 12.2 Å². The van der Waals surface area contributed by atoms with E-state index in [4.69, 9.17) is 4.74 Å². The molecule has 8 rings (SSSR count). The first-order valence-corrected chi connectivity index (χ1v) is 12.2. The maximum atomic E-state index is 12.9. The maximum absolute atomic E-state index is 12.9. The van der Waals surface area contributed by atoms with Crippen LogP contribution in [-0.4, -0.2) is 50.3 Å². The third kappa shape index (κ3) is 2.47. The van der Waals surface area contributed by atoms with Gasteiger partial charge in [0.1, 0.15) is 0 Å². The first-order valence-electron chi connectivity index (χ1n) is 12.2. The maximum Gasteiger partial charge on any atom is 0.166 e. The lowest BCUT2D eigenvalue weighted by Crippen LogP contribution is -2.69. The van der Waals surface area contributed by atoms with E-state index in [0.717, 1.165) is 55.0 Å². The number of benzene rings is 2. The zero-order valence-electron chi connectivity index (χ0n) is 19.0. The Labute approximate surface area is 204 Å². The number of para-hydroxylation sites is 1. The van der Waals surface area contributed by atoms with Gasteiger partial charge in [-0.2, -0.15) is 0 Å². The van der Waals surface area contributed by atoms with Crippen LogP contribution in [0, 0.1) is 5.92 Å². The van der Waals surface area contributed by atoms with Gasteiger partial charge in [0.05, 0.1) is 16.7 Å². The molecule has 1 spiro atoms. The number of hydrogen-bond acceptors (Lipinski definition) is 4. The van der Waals surface area contributed by atoms with Crippen molar-refractivity contribution in [2.75, 3.05) is 13.1 Å². The summed E-state index contributed by atoms with van der Waals surface area (Å²) in [5.41, 5.74) is 4.27. The average molecular weight is 483 g/mol. The van der Waals surface area contributed by atoms with Gasteiger partial charge in [0, 0.05) is 35.5 Å². The minimum absolute atomic E-state index is 0. The average Bonchev–Trinajstić information content (AvgIpc) is 3.43. The molecule has 4 atom stereocenters. The molecule has 1 unspecified atom stereocenters. The molecule has 1 aromatic heterocycles. The van der Waals surface area contributed by atoms with Crippen LogP contribution in [0.2, 0.25) is 0 Å². The van der Waals surface area contributed by atoms with E-state index in [1.54, 1.807) is 6.07 Å². The van der Waals surface area contributed by atoms with Crippen molar-refractivity contribution in [2.24, 2.45) is 5.92 Å². The van der Waals surface area contributed by atoms with Crippen molar-refractivity contribution in [3.63, 3.8) is 0 Å². The van der Waals surface area contributed by atoms with E-state index >= 15 is 0 Å². The minimum Gasteiger partial charge on any atom is -0.504 e. The van der Waals surface area contributed by atoms with E-state index in [2.05, 4.69) is 40.2 Å².